The number of nitrogens with one attached hydrogen (secondary N) is 2. The van der Waals surface area contributed by atoms with E-state index in [0.29, 0.717) is 5.75 Å². The number of quaternary nitrogens is 2. The largest absolute Gasteiger partial charge is 0.507 e. The SMILES string of the molecule is Oc1ccc(Br)cc1C[NH+]1CC[NH+](Cc2cccc(F)c2)CC1. The lowest BCUT2D eigenvalue weighted by Crippen LogP contribution is -3.27. The van der Waals surface area contributed by atoms with Gasteiger partial charge < -0.3 is 14.9 Å². The summed E-state index contributed by atoms with van der Waals surface area (Å²) >= 11 is 3.46. The number of hydrogen-bond donors (Lipinski definition) is 3. The van der Waals surface area contributed by atoms with E-state index in [-0.39, 0.29) is 5.82 Å². The summed E-state index contributed by atoms with van der Waals surface area (Å²) in [6.07, 6.45) is 0. The highest BCUT2D eigenvalue weighted by atomic mass is 79.9. The molecule has 1 saturated heterocycles. The van der Waals surface area contributed by atoms with E-state index in [4.69, 9.17) is 0 Å². The Morgan fingerprint density at radius 1 is 0.957 bits per heavy atom. The van der Waals surface area contributed by atoms with Crippen molar-refractivity contribution < 1.29 is 19.3 Å². The number of halogens is 2. The fourth-order valence-corrected chi connectivity index (χ4v) is 3.62. The highest BCUT2D eigenvalue weighted by molar-refractivity contribution is 9.10. The topological polar surface area (TPSA) is 29.1 Å². The zero-order valence-corrected chi connectivity index (χ0v) is 14.6. The second-order valence-electron chi connectivity index (χ2n) is 6.26. The third-order valence-corrected chi connectivity index (χ3v) is 4.98. The van der Waals surface area contributed by atoms with Crippen molar-refractivity contribution in [1.29, 1.82) is 0 Å². The lowest BCUT2D eigenvalue weighted by molar-refractivity contribution is -1.02. The van der Waals surface area contributed by atoms with Crippen LogP contribution in [-0.4, -0.2) is 31.3 Å². The Kier molecular flexibility index (Phi) is 5.30. The molecule has 0 aromatic heterocycles. The molecule has 1 heterocycles. The van der Waals surface area contributed by atoms with Gasteiger partial charge in [-0.05, 0) is 30.3 Å². The first-order valence-corrected chi connectivity index (χ1v) is 8.78. The van der Waals surface area contributed by atoms with Gasteiger partial charge in [-0.25, -0.2) is 4.39 Å². The molecule has 1 aliphatic heterocycles. The Labute approximate surface area is 144 Å². The summed E-state index contributed by atoms with van der Waals surface area (Å²) in [6, 6.07) is 12.5. The molecule has 2 aromatic rings. The zero-order valence-electron chi connectivity index (χ0n) is 13.0. The quantitative estimate of drug-likeness (QED) is 0.718. The average molecular weight is 381 g/mol. The lowest BCUT2D eigenvalue weighted by atomic mass is 10.1. The van der Waals surface area contributed by atoms with Crippen LogP contribution in [0.15, 0.2) is 46.9 Å². The van der Waals surface area contributed by atoms with Crippen molar-refractivity contribution in [3.05, 3.63) is 63.9 Å². The number of aromatic hydroxyl groups is 1. The van der Waals surface area contributed by atoms with Gasteiger partial charge in [-0.2, -0.15) is 0 Å². The Morgan fingerprint density at radius 2 is 1.65 bits per heavy atom. The molecule has 23 heavy (non-hydrogen) atoms. The normalized spacial score (nSPS) is 21.3. The summed E-state index contributed by atoms with van der Waals surface area (Å²) < 4.78 is 14.3. The number of piperazine rings is 1. The summed E-state index contributed by atoms with van der Waals surface area (Å²) in [4.78, 5) is 2.99. The maximum Gasteiger partial charge on any atom is 0.127 e. The zero-order chi connectivity index (χ0) is 16.2. The van der Waals surface area contributed by atoms with E-state index in [2.05, 4.69) is 15.9 Å². The predicted octanol–water partition coefficient (Wildman–Crippen LogP) is 0.777. The molecule has 0 spiro atoms. The van der Waals surface area contributed by atoms with Crippen molar-refractivity contribution in [2.45, 2.75) is 13.1 Å². The van der Waals surface area contributed by atoms with Gasteiger partial charge >= 0.3 is 0 Å². The fourth-order valence-electron chi connectivity index (χ4n) is 3.21. The highest BCUT2D eigenvalue weighted by Gasteiger charge is 2.24. The number of benzene rings is 2. The molecule has 0 bridgehead atoms. The van der Waals surface area contributed by atoms with Gasteiger partial charge in [-0.3, -0.25) is 0 Å². The monoisotopic (exact) mass is 380 g/mol. The molecule has 0 unspecified atom stereocenters. The summed E-state index contributed by atoms with van der Waals surface area (Å²) in [7, 11) is 0. The van der Waals surface area contributed by atoms with Crippen LogP contribution in [0.4, 0.5) is 4.39 Å². The molecule has 3 N–H and O–H groups in total. The maximum atomic E-state index is 13.3. The molecule has 1 fully saturated rings. The summed E-state index contributed by atoms with van der Waals surface area (Å²) in [5, 5.41) is 9.96. The van der Waals surface area contributed by atoms with Crippen LogP contribution < -0.4 is 9.80 Å². The van der Waals surface area contributed by atoms with Gasteiger partial charge in [0.15, 0.2) is 0 Å². The molecule has 122 valence electrons. The van der Waals surface area contributed by atoms with Gasteiger partial charge in [0.25, 0.3) is 0 Å². The second-order valence-corrected chi connectivity index (χ2v) is 7.17. The van der Waals surface area contributed by atoms with Gasteiger partial charge in [-0.15, -0.1) is 0 Å². The molecule has 0 atom stereocenters. The smallest absolute Gasteiger partial charge is 0.127 e. The van der Waals surface area contributed by atoms with Crippen LogP contribution in [-0.2, 0) is 13.1 Å². The van der Waals surface area contributed by atoms with Crippen molar-refractivity contribution in [1.82, 2.24) is 0 Å². The third kappa shape index (κ3) is 4.53. The van der Waals surface area contributed by atoms with Gasteiger partial charge in [0, 0.05) is 15.6 Å². The standard InChI is InChI=1S/C18H20BrFN2O/c19-16-4-5-18(23)15(11-16)13-22-8-6-21(7-9-22)12-14-2-1-3-17(20)10-14/h1-5,10-11,23H,6-9,12-13H2/p+2. The van der Waals surface area contributed by atoms with Crippen LogP contribution in [0.3, 0.4) is 0 Å². The van der Waals surface area contributed by atoms with Crippen molar-refractivity contribution in [2.24, 2.45) is 0 Å². The molecular formula is C18H22BrFN2O+2. The molecule has 3 nitrogen and oxygen atoms in total. The fraction of sp³-hybridized carbons (Fsp3) is 0.333. The molecule has 0 radical (unpaired) electrons. The van der Waals surface area contributed by atoms with Crippen LogP contribution in [0.2, 0.25) is 0 Å². The van der Waals surface area contributed by atoms with E-state index in [1.807, 2.05) is 18.2 Å². The third-order valence-electron chi connectivity index (χ3n) is 4.49. The molecule has 0 saturated carbocycles. The summed E-state index contributed by atoms with van der Waals surface area (Å²) in [5.74, 6) is 0.214. The van der Waals surface area contributed by atoms with E-state index in [0.717, 1.165) is 54.9 Å². The van der Waals surface area contributed by atoms with Crippen molar-refractivity contribution >= 4 is 15.9 Å². The maximum absolute atomic E-state index is 13.3. The molecule has 5 heteroatoms. The predicted molar refractivity (Wildman–Crippen MR) is 91.0 cm³/mol. The van der Waals surface area contributed by atoms with Crippen molar-refractivity contribution in [3.8, 4) is 5.75 Å². The summed E-state index contributed by atoms with van der Waals surface area (Å²) in [5.41, 5.74) is 2.05. The average Bonchev–Trinajstić information content (AvgIpc) is 2.53. The van der Waals surface area contributed by atoms with Crippen LogP contribution in [0.1, 0.15) is 11.1 Å². The molecule has 0 aliphatic carbocycles. The molecule has 3 rings (SSSR count). The van der Waals surface area contributed by atoms with Gasteiger partial charge in [0.1, 0.15) is 50.8 Å². The van der Waals surface area contributed by atoms with Gasteiger partial charge in [0.2, 0.25) is 0 Å². The Balaban J connectivity index is 1.53. The van der Waals surface area contributed by atoms with Crippen LogP contribution >= 0.6 is 15.9 Å². The Hall–Kier alpha value is -1.43. The van der Waals surface area contributed by atoms with Gasteiger partial charge in [-0.1, -0.05) is 28.1 Å². The minimum atomic E-state index is -0.156. The number of phenolic OH excluding ortho intramolecular Hbond substituents is 1. The Bertz CT molecular complexity index is 672. The number of hydrogen-bond acceptors (Lipinski definition) is 1. The van der Waals surface area contributed by atoms with Crippen molar-refractivity contribution in [2.75, 3.05) is 26.2 Å². The first-order valence-electron chi connectivity index (χ1n) is 7.99. The minimum Gasteiger partial charge on any atom is -0.507 e. The van der Waals surface area contributed by atoms with E-state index >= 15 is 0 Å². The lowest BCUT2D eigenvalue weighted by Gasteiger charge is -2.30. The van der Waals surface area contributed by atoms with Crippen LogP contribution in [0, 0.1) is 5.82 Å². The first-order chi connectivity index (χ1) is 11.1. The Morgan fingerprint density at radius 3 is 2.35 bits per heavy atom. The van der Waals surface area contributed by atoms with E-state index < -0.39 is 0 Å². The van der Waals surface area contributed by atoms with E-state index in [9.17, 15) is 9.50 Å². The molecular weight excluding hydrogens is 359 g/mol. The minimum absolute atomic E-state index is 0.156. The van der Waals surface area contributed by atoms with Gasteiger partial charge in [0.05, 0.1) is 0 Å². The van der Waals surface area contributed by atoms with E-state index in [1.54, 1.807) is 18.2 Å². The number of phenols is 1. The first kappa shape index (κ1) is 16.4. The van der Waals surface area contributed by atoms with Crippen LogP contribution in [0.25, 0.3) is 0 Å². The van der Waals surface area contributed by atoms with Crippen molar-refractivity contribution in [3.63, 3.8) is 0 Å². The summed E-state index contributed by atoms with van der Waals surface area (Å²) in [6.45, 7) is 6.00. The second kappa shape index (κ2) is 7.43. The van der Waals surface area contributed by atoms with E-state index in [1.165, 1.54) is 15.9 Å². The molecule has 0 amide bonds. The molecule has 2 aromatic carbocycles. The molecule has 1 aliphatic rings. The number of rotatable bonds is 4. The highest BCUT2D eigenvalue weighted by Crippen LogP contribution is 2.20. The van der Waals surface area contributed by atoms with Crippen LogP contribution in [0.5, 0.6) is 5.75 Å².